The third-order valence-corrected chi connectivity index (χ3v) is 4.32. The lowest BCUT2D eigenvalue weighted by Crippen LogP contribution is -2.31. The largest absolute Gasteiger partial charge is 0.493 e. The number of aromatic nitrogens is 2. The molecule has 3 rings (SSSR count). The molecular formula is C18H13IN4O4. The fourth-order valence-electron chi connectivity index (χ4n) is 2.29. The van der Waals surface area contributed by atoms with E-state index in [1.165, 1.54) is 0 Å². The normalized spacial score (nSPS) is 10.9. The van der Waals surface area contributed by atoms with Gasteiger partial charge in [-0.3, -0.25) is 14.6 Å². The zero-order chi connectivity index (χ0) is 19.4. The quantitative estimate of drug-likeness (QED) is 0.301. The number of H-pyrrole nitrogens is 1. The van der Waals surface area contributed by atoms with E-state index in [1.54, 1.807) is 54.6 Å². The van der Waals surface area contributed by atoms with Crippen molar-refractivity contribution in [1.82, 2.24) is 15.0 Å². The lowest BCUT2D eigenvalue weighted by molar-refractivity contribution is 0.0955. The topological polar surface area (TPSA) is 117 Å². The first-order valence-corrected chi connectivity index (χ1v) is 8.78. The molecule has 0 fully saturated rings. The molecule has 0 aliphatic rings. The summed E-state index contributed by atoms with van der Waals surface area (Å²) in [6, 6.07) is 15.1. The van der Waals surface area contributed by atoms with Crippen LogP contribution in [0.2, 0.25) is 0 Å². The molecule has 3 aromatic rings. The molecule has 0 bridgehead atoms. The summed E-state index contributed by atoms with van der Waals surface area (Å²) >= 11 is 2.11. The van der Waals surface area contributed by atoms with E-state index in [2.05, 4.69) is 38.1 Å². The first-order valence-electron chi connectivity index (χ1n) is 7.70. The van der Waals surface area contributed by atoms with E-state index in [0.29, 0.717) is 11.3 Å². The maximum atomic E-state index is 12.1. The van der Waals surface area contributed by atoms with E-state index in [1.807, 2.05) is 0 Å². The van der Waals surface area contributed by atoms with Gasteiger partial charge in [0.15, 0.2) is 0 Å². The monoisotopic (exact) mass is 476 g/mol. The molecule has 0 unspecified atom stereocenters. The van der Waals surface area contributed by atoms with Gasteiger partial charge in [-0.2, -0.15) is 5.10 Å². The maximum Gasteiger partial charge on any atom is 0.335 e. The van der Waals surface area contributed by atoms with Gasteiger partial charge in [0.2, 0.25) is 5.88 Å². The van der Waals surface area contributed by atoms with Crippen LogP contribution in [0.4, 0.5) is 0 Å². The Hall–Kier alpha value is -3.21. The lowest BCUT2D eigenvalue weighted by atomic mass is 10.2. The third kappa shape index (κ3) is 4.14. The Morgan fingerprint density at radius 3 is 2.44 bits per heavy atom. The minimum absolute atomic E-state index is 0.262. The van der Waals surface area contributed by atoms with E-state index >= 15 is 0 Å². The van der Waals surface area contributed by atoms with Gasteiger partial charge >= 0.3 is 5.69 Å². The second kappa shape index (κ2) is 7.99. The minimum Gasteiger partial charge on any atom is -0.493 e. The first-order chi connectivity index (χ1) is 13.0. The average Bonchev–Trinajstić information content (AvgIpc) is 2.66. The van der Waals surface area contributed by atoms with Crippen LogP contribution in [0.3, 0.4) is 0 Å². The number of carbonyl (C=O) groups is 1. The summed E-state index contributed by atoms with van der Waals surface area (Å²) in [4.78, 5) is 38.2. The number of nitrogens with zero attached hydrogens (tertiary/aromatic N) is 2. The number of aromatic hydroxyl groups is 1. The molecule has 8 nitrogen and oxygen atoms in total. The van der Waals surface area contributed by atoms with Gasteiger partial charge in [-0.25, -0.2) is 14.8 Å². The van der Waals surface area contributed by atoms with Crippen molar-refractivity contribution in [1.29, 1.82) is 0 Å². The second-order valence-corrected chi connectivity index (χ2v) is 6.62. The second-order valence-electron chi connectivity index (χ2n) is 5.37. The first kappa shape index (κ1) is 18.6. The van der Waals surface area contributed by atoms with Crippen molar-refractivity contribution >= 4 is 34.7 Å². The molecule has 1 amide bonds. The van der Waals surface area contributed by atoms with Crippen molar-refractivity contribution in [3.63, 3.8) is 0 Å². The highest BCUT2D eigenvalue weighted by atomic mass is 127. The lowest BCUT2D eigenvalue weighted by Gasteiger charge is -2.09. The smallest absolute Gasteiger partial charge is 0.335 e. The number of halogens is 1. The van der Waals surface area contributed by atoms with Gasteiger partial charge in [0, 0.05) is 9.13 Å². The Morgan fingerprint density at radius 1 is 1.11 bits per heavy atom. The van der Waals surface area contributed by atoms with Crippen LogP contribution >= 0.6 is 22.6 Å². The number of amides is 1. The molecule has 0 aliphatic carbocycles. The summed E-state index contributed by atoms with van der Waals surface area (Å²) < 4.78 is 1.89. The van der Waals surface area contributed by atoms with Gasteiger partial charge in [-0.15, -0.1) is 0 Å². The molecular weight excluding hydrogens is 463 g/mol. The summed E-state index contributed by atoms with van der Waals surface area (Å²) in [5, 5.41) is 14.1. The summed E-state index contributed by atoms with van der Waals surface area (Å²) in [6.45, 7) is 0. The molecule has 0 aliphatic heterocycles. The summed E-state index contributed by atoms with van der Waals surface area (Å²) in [7, 11) is 0. The van der Waals surface area contributed by atoms with Crippen LogP contribution in [0.5, 0.6) is 5.88 Å². The van der Waals surface area contributed by atoms with E-state index in [9.17, 15) is 19.5 Å². The van der Waals surface area contributed by atoms with Crippen molar-refractivity contribution in [2.75, 3.05) is 0 Å². The molecule has 0 saturated heterocycles. The Bertz CT molecular complexity index is 1120. The molecule has 136 valence electrons. The fourth-order valence-corrected chi connectivity index (χ4v) is 2.65. The molecule has 2 aromatic carbocycles. The van der Waals surface area contributed by atoms with Crippen molar-refractivity contribution in [2.45, 2.75) is 0 Å². The molecule has 3 N–H and O–H groups in total. The van der Waals surface area contributed by atoms with Crippen molar-refractivity contribution < 1.29 is 9.90 Å². The van der Waals surface area contributed by atoms with Crippen molar-refractivity contribution in [3.8, 4) is 11.6 Å². The predicted octanol–water partition coefficient (Wildman–Crippen LogP) is 1.60. The van der Waals surface area contributed by atoms with Gasteiger partial charge in [-0.05, 0) is 59.0 Å². The van der Waals surface area contributed by atoms with E-state index in [4.69, 9.17) is 0 Å². The van der Waals surface area contributed by atoms with Gasteiger partial charge in [0.05, 0.1) is 11.9 Å². The molecule has 1 heterocycles. The molecule has 0 spiro atoms. The van der Waals surface area contributed by atoms with Gasteiger partial charge < -0.3 is 5.11 Å². The zero-order valence-corrected chi connectivity index (χ0v) is 15.9. The van der Waals surface area contributed by atoms with Crippen LogP contribution < -0.4 is 16.7 Å². The third-order valence-electron chi connectivity index (χ3n) is 3.60. The van der Waals surface area contributed by atoms with Crippen LogP contribution in [0.15, 0.2) is 69.3 Å². The number of hydrogen-bond acceptors (Lipinski definition) is 5. The van der Waals surface area contributed by atoms with E-state index in [-0.39, 0.29) is 5.56 Å². The molecule has 0 radical (unpaired) electrons. The van der Waals surface area contributed by atoms with Gasteiger partial charge in [-0.1, -0.05) is 18.2 Å². The minimum atomic E-state index is -0.822. The number of benzene rings is 2. The highest BCUT2D eigenvalue weighted by Gasteiger charge is 2.14. The standard InChI is InChI=1S/C18H13IN4O4/c19-12-6-8-13(9-7-12)23-17(26)14(16(25)21-18(23)27)10-20-22-15(24)11-4-2-1-3-5-11/h1-10,26H,(H,22,24)(H,21,25,27)/b20-10+. The van der Waals surface area contributed by atoms with Crippen LogP contribution in [0.1, 0.15) is 15.9 Å². The molecule has 0 saturated carbocycles. The highest BCUT2D eigenvalue weighted by Crippen LogP contribution is 2.16. The average molecular weight is 476 g/mol. The predicted molar refractivity (Wildman–Crippen MR) is 109 cm³/mol. The summed E-state index contributed by atoms with van der Waals surface area (Å²) in [6.07, 6.45) is 0.984. The molecule has 27 heavy (non-hydrogen) atoms. The number of aromatic amines is 1. The van der Waals surface area contributed by atoms with Gasteiger partial charge in [0.1, 0.15) is 5.56 Å². The van der Waals surface area contributed by atoms with Crippen LogP contribution in [-0.4, -0.2) is 26.8 Å². The molecule has 0 atom stereocenters. The number of hydrazone groups is 1. The van der Waals surface area contributed by atoms with Crippen molar-refractivity contribution in [2.24, 2.45) is 5.10 Å². The highest BCUT2D eigenvalue weighted by molar-refractivity contribution is 14.1. The maximum absolute atomic E-state index is 12.1. The van der Waals surface area contributed by atoms with Crippen LogP contribution in [-0.2, 0) is 0 Å². The fraction of sp³-hybridized carbons (Fsp3) is 0. The van der Waals surface area contributed by atoms with E-state index < -0.39 is 23.0 Å². The SMILES string of the molecule is O=C(N/N=C/c1c(O)n(-c2ccc(I)cc2)c(=O)[nH]c1=O)c1ccccc1. The Kier molecular flexibility index (Phi) is 5.50. The summed E-state index contributed by atoms with van der Waals surface area (Å²) in [5.41, 5.74) is 1.15. The Morgan fingerprint density at radius 2 is 1.78 bits per heavy atom. The number of carbonyl (C=O) groups excluding carboxylic acids is 1. The van der Waals surface area contributed by atoms with Gasteiger partial charge in [0.25, 0.3) is 11.5 Å². The zero-order valence-electron chi connectivity index (χ0n) is 13.7. The van der Waals surface area contributed by atoms with Crippen LogP contribution in [0, 0.1) is 3.57 Å². The Balaban J connectivity index is 1.93. The van der Waals surface area contributed by atoms with Crippen molar-refractivity contribution in [3.05, 3.63) is 90.1 Å². The number of rotatable bonds is 4. The molecule has 9 heteroatoms. The number of nitrogens with one attached hydrogen (secondary N) is 2. The van der Waals surface area contributed by atoms with E-state index in [0.717, 1.165) is 14.4 Å². The Labute approximate surface area is 166 Å². The number of hydrogen-bond donors (Lipinski definition) is 3. The molecule has 1 aromatic heterocycles. The van der Waals surface area contributed by atoms with Crippen LogP contribution in [0.25, 0.3) is 5.69 Å². The summed E-state index contributed by atoms with van der Waals surface area (Å²) in [5.74, 6) is -1.06.